The molecule has 0 aliphatic carbocycles. The number of hydrogen-bond donors (Lipinski definition) is 0. The Labute approximate surface area is 174 Å². The summed E-state index contributed by atoms with van der Waals surface area (Å²) in [5, 5.41) is 0. The number of rotatable bonds is 7. The van der Waals surface area contributed by atoms with Crippen molar-refractivity contribution in [3.8, 4) is 11.1 Å². The third-order valence-corrected chi connectivity index (χ3v) is 6.48. The van der Waals surface area contributed by atoms with Crippen LogP contribution in [0.5, 0.6) is 0 Å². The summed E-state index contributed by atoms with van der Waals surface area (Å²) in [6, 6.07) is 29.4. The molecular weight excluding hydrogens is 380 g/mol. The van der Waals surface area contributed by atoms with Crippen molar-refractivity contribution in [2.24, 2.45) is 0 Å². The van der Waals surface area contributed by atoms with Gasteiger partial charge in [0.15, 0.2) is 0 Å². The normalized spacial score (nSPS) is 10.7. The summed E-state index contributed by atoms with van der Waals surface area (Å²) in [4.78, 5) is 11.4. The molecule has 0 spiro atoms. The molecule has 0 bridgehead atoms. The fraction of sp³-hybridized carbons (Fsp3) is 0.0833. The highest BCUT2D eigenvalue weighted by atomic mass is 32.2. The first-order valence-corrected chi connectivity index (χ1v) is 11.1. The van der Waals surface area contributed by atoms with Gasteiger partial charge in [-0.15, -0.1) is 23.5 Å². The Morgan fingerprint density at radius 1 is 0.500 bits per heavy atom. The van der Waals surface area contributed by atoms with Crippen molar-refractivity contribution in [2.45, 2.75) is 21.3 Å². The van der Waals surface area contributed by atoms with E-state index in [1.165, 1.54) is 20.9 Å². The van der Waals surface area contributed by atoms with Crippen LogP contribution >= 0.6 is 23.5 Å². The molecule has 2 heterocycles. The van der Waals surface area contributed by atoms with E-state index >= 15 is 0 Å². The third kappa shape index (κ3) is 4.83. The summed E-state index contributed by atoms with van der Waals surface area (Å²) in [5.74, 6) is 1.72. The highest BCUT2D eigenvalue weighted by Crippen LogP contribution is 2.38. The first-order valence-electron chi connectivity index (χ1n) is 9.14. The maximum Gasteiger partial charge on any atom is 0.0506 e. The molecule has 28 heavy (non-hydrogen) atoms. The van der Waals surface area contributed by atoms with Crippen LogP contribution in [0.3, 0.4) is 0 Å². The SMILES string of the molecule is c1ccc(CSc2ccccc2-c2ccccc2SCc2ccccn2)nc1. The van der Waals surface area contributed by atoms with Gasteiger partial charge in [-0.2, -0.15) is 0 Å². The lowest BCUT2D eigenvalue weighted by atomic mass is 10.1. The van der Waals surface area contributed by atoms with Crippen molar-refractivity contribution in [1.29, 1.82) is 0 Å². The maximum atomic E-state index is 4.44. The predicted molar refractivity (Wildman–Crippen MR) is 119 cm³/mol. The smallest absolute Gasteiger partial charge is 0.0506 e. The Hall–Kier alpha value is -2.56. The molecule has 0 saturated carbocycles. The van der Waals surface area contributed by atoms with E-state index in [0.717, 1.165) is 22.9 Å². The molecule has 0 aliphatic rings. The third-order valence-electron chi connectivity index (χ3n) is 4.27. The lowest BCUT2D eigenvalue weighted by molar-refractivity contribution is 1.17. The highest BCUT2D eigenvalue weighted by Gasteiger charge is 2.11. The van der Waals surface area contributed by atoms with Crippen LogP contribution in [-0.2, 0) is 11.5 Å². The van der Waals surface area contributed by atoms with Crippen molar-refractivity contribution < 1.29 is 0 Å². The van der Waals surface area contributed by atoms with Gasteiger partial charge in [0.1, 0.15) is 0 Å². The van der Waals surface area contributed by atoms with Crippen LogP contribution in [-0.4, -0.2) is 9.97 Å². The fourth-order valence-corrected chi connectivity index (χ4v) is 4.87. The van der Waals surface area contributed by atoms with Crippen LogP contribution in [0.15, 0.2) is 107 Å². The van der Waals surface area contributed by atoms with Crippen molar-refractivity contribution >= 4 is 23.5 Å². The van der Waals surface area contributed by atoms with Crippen LogP contribution in [0.2, 0.25) is 0 Å². The second kappa shape index (κ2) is 9.58. The van der Waals surface area contributed by atoms with Gasteiger partial charge < -0.3 is 0 Å². The van der Waals surface area contributed by atoms with E-state index in [1.54, 1.807) is 0 Å². The van der Waals surface area contributed by atoms with Crippen molar-refractivity contribution in [2.75, 3.05) is 0 Å². The van der Waals surface area contributed by atoms with E-state index in [4.69, 9.17) is 0 Å². The van der Waals surface area contributed by atoms with Crippen molar-refractivity contribution in [3.05, 3.63) is 109 Å². The molecule has 0 aliphatic heterocycles. The minimum Gasteiger partial charge on any atom is -0.260 e. The van der Waals surface area contributed by atoms with Gasteiger partial charge in [0, 0.05) is 33.7 Å². The van der Waals surface area contributed by atoms with E-state index in [9.17, 15) is 0 Å². The summed E-state index contributed by atoms with van der Waals surface area (Å²) in [7, 11) is 0. The monoisotopic (exact) mass is 400 g/mol. The van der Waals surface area contributed by atoms with E-state index in [1.807, 2.05) is 60.2 Å². The zero-order valence-corrected chi connectivity index (χ0v) is 17.0. The summed E-state index contributed by atoms with van der Waals surface area (Å²) < 4.78 is 0. The molecule has 4 heteroatoms. The van der Waals surface area contributed by atoms with E-state index in [2.05, 4.69) is 70.6 Å². The van der Waals surface area contributed by atoms with Gasteiger partial charge in [-0.25, -0.2) is 0 Å². The molecule has 2 aromatic heterocycles. The number of nitrogens with zero attached hydrogens (tertiary/aromatic N) is 2. The minimum atomic E-state index is 0.862. The molecule has 2 nitrogen and oxygen atoms in total. The van der Waals surface area contributed by atoms with Crippen LogP contribution in [0.25, 0.3) is 11.1 Å². The number of hydrogen-bond acceptors (Lipinski definition) is 4. The molecule has 4 aromatic rings. The first-order chi connectivity index (χ1) is 13.9. The lowest BCUT2D eigenvalue weighted by Crippen LogP contribution is -1.89. The van der Waals surface area contributed by atoms with Gasteiger partial charge in [0.2, 0.25) is 0 Å². The van der Waals surface area contributed by atoms with Crippen LogP contribution < -0.4 is 0 Å². The zero-order chi connectivity index (χ0) is 19.0. The predicted octanol–water partition coefficient (Wildman–Crippen LogP) is 6.73. The van der Waals surface area contributed by atoms with Crippen molar-refractivity contribution in [3.63, 3.8) is 0 Å². The number of aromatic nitrogens is 2. The van der Waals surface area contributed by atoms with Crippen LogP contribution in [0, 0.1) is 0 Å². The topological polar surface area (TPSA) is 25.8 Å². The van der Waals surface area contributed by atoms with Crippen LogP contribution in [0.4, 0.5) is 0 Å². The van der Waals surface area contributed by atoms with Gasteiger partial charge in [-0.3, -0.25) is 9.97 Å². The number of pyridine rings is 2. The molecule has 0 fully saturated rings. The molecule has 0 saturated heterocycles. The van der Waals surface area contributed by atoms with Gasteiger partial charge in [-0.05, 0) is 47.5 Å². The number of thioether (sulfide) groups is 2. The van der Waals surface area contributed by atoms with Gasteiger partial charge >= 0.3 is 0 Å². The molecule has 0 amide bonds. The number of benzene rings is 2. The Morgan fingerprint density at radius 2 is 0.929 bits per heavy atom. The molecule has 0 atom stereocenters. The van der Waals surface area contributed by atoms with Crippen LogP contribution in [0.1, 0.15) is 11.4 Å². The van der Waals surface area contributed by atoms with E-state index in [0.29, 0.717) is 0 Å². The fourth-order valence-electron chi connectivity index (χ4n) is 2.90. The minimum absolute atomic E-state index is 0.862. The van der Waals surface area contributed by atoms with E-state index in [-0.39, 0.29) is 0 Å². The summed E-state index contributed by atoms with van der Waals surface area (Å²) in [6.07, 6.45) is 3.71. The second-order valence-corrected chi connectivity index (χ2v) is 8.25. The first kappa shape index (κ1) is 18.8. The largest absolute Gasteiger partial charge is 0.260 e. The molecule has 2 aromatic carbocycles. The standard InChI is InChI=1S/C24H20N2S2/c1-3-13-23(27-17-19-9-5-7-15-25-19)21(11-1)22-12-2-4-14-24(22)28-18-20-10-6-8-16-26-20/h1-16H,17-18H2. The van der Waals surface area contributed by atoms with Gasteiger partial charge in [-0.1, -0.05) is 48.5 Å². The molecule has 138 valence electrons. The quantitative estimate of drug-likeness (QED) is 0.321. The Morgan fingerprint density at radius 3 is 1.36 bits per heavy atom. The average molecular weight is 401 g/mol. The second-order valence-electron chi connectivity index (χ2n) is 6.21. The average Bonchev–Trinajstić information content (AvgIpc) is 2.78. The molecular formula is C24H20N2S2. The Bertz CT molecular complexity index is 936. The highest BCUT2D eigenvalue weighted by molar-refractivity contribution is 7.99. The summed E-state index contributed by atoms with van der Waals surface area (Å²) in [6.45, 7) is 0. The molecule has 0 N–H and O–H groups in total. The zero-order valence-electron chi connectivity index (χ0n) is 15.4. The molecule has 4 rings (SSSR count). The summed E-state index contributed by atoms with van der Waals surface area (Å²) in [5.41, 5.74) is 4.74. The van der Waals surface area contributed by atoms with Crippen molar-refractivity contribution in [1.82, 2.24) is 9.97 Å². The maximum absolute atomic E-state index is 4.44. The van der Waals surface area contributed by atoms with Gasteiger partial charge in [0.05, 0.1) is 11.4 Å². The summed E-state index contributed by atoms with van der Waals surface area (Å²) >= 11 is 3.67. The Kier molecular flexibility index (Phi) is 6.43. The Balaban J connectivity index is 1.57. The lowest BCUT2D eigenvalue weighted by Gasteiger charge is -2.13. The van der Waals surface area contributed by atoms with E-state index < -0.39 is 0 Å². The molecule has 0 unspecified atom stereocenters. The van der Waals surface area contributed by atoms with Gasteiger partial charge in [0.25, 0.3) is 0 Å². The molecule has 0 radical (unpaired) electrons.